The van der Waals surface area contributed by atoms with Crippen LogP contribution in [0.4, 0.5) is 0 Å². The van der Waals surface area contributed by atoms with Crippen molar-refractivity contribution in [3.8, 4) is 0 Å². The van der Waals surface area contributed by atoms with Crippen LogP contribution in [0.3, 0.4) is 0 Å². The summed E-state index contributed by atoms with van der Waals surface area (Å²) in [6.45, 7) is 3.81. The van der Waals surface area contributed by atoms with Gasteiger partial charge < -0.3 is 0 Å². The summed E-state index contributed by atoms with van der Waals surface area (Å²) in [5.41, 5.74) is 0. The summed E-state index contributed by atoms with van der Waals surface area (Å²) >= 11 is 0. The average molecular weight is 159 g/mol. The smallest absolute Gasteiger partial charge is 0.210 e. The van der Waals surface area contributed by atoms with Gasteiger partial charge in [0, 0.05) is 18.3 Å². The molecule has 0 N–H and O–H groups in total. The molecule has 11 heavy (non-hydrogen) atoms. The molecule has 0 aliphatic heterocycles. The fraction of sp³-hybridized carbons (Fsp3) is 1.00. The van der Waals surface area contributed by atoms with Gasteiger partial charge in [-0.3, -0.25) is 10.1 Å². The molecule has 66 valence electrons. The third-order valence-electron chi connectivity index (χ3n) is 1.84. The Kier molecular flexibility index (Phi) is 5.80. The predicted molar refractivity (Wildman–Crippen MR) is 45.2 cm³/mol. The maximum atomic E-state index is 10.2. The van der Waals surface area contributed by atoms with E-state index in [1.54, 1.807) is 6.92 Å². The van der Waals surface area contributed by atoms with Crippen molar-refractivity contribution in [2.45, 2.75) is 52.0 Å². The largest absolute Gasteiger partial charge is 0.264 e. The zero-order valence-corrected chi connectivity index (χ0v) is 7.38. The molecule has 0 heterocycles. The molecule has 0 saturated heterocycles. The van der Waals surface area contributed by atoms with Gasteiger partial charge in [0.1, 0.15) is 0 Å². The summed E-state index contributed by atoms with van der Waals surface area (Å²) in [5, 5.41) is 10.2. The second-order valence-corrected chi connectivity index (χ2v) is 2.98. The number of rotatable bonds is 6. The predicted octanol–water partition coefficient (Wildman–Crippen LogP) is 2.62. The normalized spacial score (nSPS) is 12.9. The minimum Gasteiger partial charge on any atom is -0.264 e. The molecule has 0 saturated carbocycles. The third-order valence-corrected chi connectivity index (χ3v) is 1.84. The van der Waals surface area contributed by atoms with E-state index in [0.29, 0.717) is 0 Å². The Morgan fingerprint density at radius 2 is 2.00 bits per heavy atom. The van der Waals surface area contributed by atoms with Crippen molar-refractivity contribution in [2.24, 2.45) is 0 Å². The first kappa shape index (κ1) is 10.4. The Hall–Kier alpha value is -0.600. The maximum Gasteiger partial charge on any atom is 0.210 e. The molecule has 0 amide bonds. The fourth-order valence-corrected chi connectivity index (χ4v) is 0.972. The second kappa shape index (κ2) is 6.13. The number of nitrogens with zero attached hydrogens (tertiary/aromatic N) is 1. The molecule has 0 spiro atoms. The van der Waals surface area contributed by atoms with Crippen LogP contribution in [0, 0.1) is 10.1 Å². The van der Waals surface area contributed by atoms with E-state index in [4.69, 9.17) is 0 Å². The van der Waals surface area contributed by atoms with Crippen LogP contribution >= 0.6 is 0 Å². The van der Waals surface area contributed by atoms with Crippen molar-refractivity contribution in [3.63, 3.8) is 0 Å². The minimum atomic E-state index is -0.355. The molecule has 0 unspecified atom stereocenters. The van der Waals surface area contributed by atoms with Gasteiger partial charge in [-0.1, -0.05) is 26.2 Å². The van der Waals surface area contributed by atoms with Gasteiger partial charge in [-0.25, -0.2) is 0 Å². The van der Waals surface area contributed by atoms with Crippen molar-refractivity contribution in [1.29, 1.82) is 0 Å². The van der Waals surface area contributed by atoms with Crippen LogP contribution in [0.1, 0.15) is 46.0 Å². The lowest BCUT2D eigenvalue weighted by Gasteiger charge is -2.01. The van der Waals surface area contributed by atoms with Gasteiger partial charge >= 0.3 is 0 Å². The second-order valence-electron chi connectivity index (χ2n) is 2.98. The van der Waals surface area contributed by atoms with Crippen molar-refractivity contribution in [3.05, 3.63) is 10.1 Å². The SMILES string of the molecule is CCCCCC[C@H](C)[N+](=O)[O-]. The molecule has 0 aliphatic carbocycles. The molecule has 1 atom stereocenters. The summed E-state index contributed by atoms with van der Waals surface area (Å²) in [7, 11) is 0. The maximum absolute atomic E-state index is 10.2. The Balaban J connectivity index is 3.17. The summed E-state index contributed by atoms with van der Waals surface area (Å²) < 4.78 is 0. The van der Waals surface area contributed by atoms with Gasteiger partial charge in [-0.2, -0.15) is 0 Å². The number of unbranched alkanes of at least 4 members (excludes halogenated alkanes) is 3. The van der Waals surface area contributed by atoms with Crippen molar-refractivity contribution in [1.82, 2.24) is 0 Å². The molecule has 0 aromatic carbocycles. The molecule has 3 nitrogen and oxygen atoms in total. The van der Waals surface area contributed by atoms with E-state index in [2.05, 4.69) is 6.92 Å². The Morgan fingerprint density at radius 1 is 1.36 bits per heavy atom. The highest BCUT2D eigenvalue weighted by molar-refractivity contribution is 4.49. The Bertz CT molecular complexity index is 115. The van der Waals surface area contributed by atoms with E-state index in [9.17, 15) is 10.1 Å². The molecular weight excluding hydrogens is 142 g/mol. The van der Waals surface area contributed by atoms with E-state index in [-0.39, 0.29) is 11.0 Å². The summed E-state index contributed by atoms with van der Waals surface area (Å²) in [6, 6.07) is -0.355. The van der Waals surface area contributed by atoms with Crippen LogP contribution in [0.2, 0.25) is 0 Å². The lowest BCUT2D eigenvalue weighted by atomic mass is 10.1. The zero-order chi connectivity index (χ0) is 8.69. The summed E-state index contributed by atoms with van der Waals surface area (Å²) in [5.74, 6) is 0. The van der Waals surface area contributed by atoms with Crippen molar-refractivity contribution < 1.29 is 4.92 Å². The highest BCUT2D eigenvalue weighted by Crippen LogP contribution is 2.06. The molecule has 0 rings (SSSR count). The monoisotopic (exact) mass is 159 g/mol. The average Bonchev–Trinajstić information content (AvgIpc) is 1.97. The third kappa shape index (κ3) is 5.83. The van der Waals surface area contributed by atoms with Crippen LogP contribution in [0.5, 0.6) is 0 Å². The quantitative estimate of drug-likeness (QED) is 0.339. The van der Waals surface area contributed by atoms with Gasteiger partial charge in [-0.15, -0.1) is 0 Å². The molecule has 3 heteroatoms. The molecule has 0 aromatic rings. The van der Waals surface area contributed by atoms with E-state index in [1.165, 1.54) is 12.8 Å². The summed E-state index contributed by atoms with van der Waals surface area (Å²) in [4.78, 5) is 9.97. The first-order valence-corrected chi connectivity index (χ1v) is 4.32. The lowest BCUT2D eigenvalue weighted by Crippen LogP contribution is -2.14. The first-order chi connectivity index (χ1) is 5.18. The molecule has 0 fully saturated rings. The van der Waals surface area contributed by atoms with Crippen LogP contribution in [-0.2, 0) is 0 Å². The fourth-order valence-electron chi connectivity index (χ4n) is 0.972. The molecule has 0 aliphatic rings. The highest BCUT2D eigenvalue weighted by Gasteiger charge is 2.10. The van der Waals surface area contributed by atoms with Gasteiger partial charge in [0.15, 0.2) is 0 Å². The van der Waals surface area contributed by atoms with Gasteiger partial charge in [0.25, 0.3) is 0 Å². The van der Waals surface area contributed by atoms with Crippen LogP contribution in [0.25, 0.3) is 0 Å². The Morgan fingerprint density at radius 3 is 2.45 bits per heavy atom. The van der Waals surface area contributed by atoms with Crippen molar-refractivity contribution in [2.75, 3.05) is 0 Å². The van der Waals surface area contributed by atoms with Gasteiger partial charge in [0.05, 0.1) is 0 Å². The standard InChI is InChI=1S/C8H17NO2/c1-3-4-5-6-7-8(2)9(10)11/h8H,3-7H2,1-2H3/t8-/m0/s1. The van der Waals surface area contributed by atoms with Crippen LogP contribution < -0.4 is 0 Å². The van der Waals surface area contributed by atoms with Crippen molar-refractivity contribution >= 4 is 0 Å². The number of hydrogen-bond acceptors (Lipinski definition) is 2. The van der Waals surface area contributed by atoms with E-state index in [1.807, 2.05) is 0 Å². The molecular formula is C8H17NO2. The topological polar surface area (TPSA) is 43.1 Å². The highest BCUT2D eigenvalue weighted by atomic mass is 16.6. The van der Waals surface area contributed by atoms with E-state index in [0.717, 1.165) is 19.3 Å². The summed E-state index contributed by atoms with van der Waals surface area (Å²) in [6.07, 6.45) is 5.24. The van der Waals surface area contributed by atoms with Gasteiger partial charge in [-0.05, 0) is 6.42 Å². The van der Waals surface area contributed by atoms with E-state index >= 15 is 0 Å². The molecule has 0 aromatic heterocycles. The van der Waals surface area contributed by atoms with Gasteiger partial charge in [0.2, 0.25) is 6.04 Å². The Labute approximate surface area is 67.9 Å². The van der Waals surface area contributed by atoms with Crippen LogP contribution in [0.15, 0.2) is 0 Å². The van der Waals surface area contributed by atoms with Crippen LogP contribution in [-0.4, -0.2) is 11.0 Å². The zero-order valence-electron chi connectivity index (χ0n) is 7.38. The molecule has 0 bridgehead atoms. The molecule has 0 radical (unpaired) electrons. The first-order valence-electron chi connectivity index (χ1n) is 4.32. The number of nitro groups is 1. The number of hydrogen-bond donors (Lipinski definition) is 0. The lowest BCUT2D eigenvalue weighted by molar-refractivity contribution is -0.519. The van der Waals surface area contributed by atoms with E-state index < -0.39 is 0 Å². The minimum absolute atomic E-state index is 0.202.